The maximum atomic E-state index is 13.8. The van der Waals surface area contributed by atoms with Gasteiger partial charge in [-0.25, -0.2) is 18.7 Å². The molecule has 0 bridgehead atoms. The third-order valence-corrected chi connectivity index (χ3v) is 4.06. The van der Waals surface area contributed by atoms with Crippen molar-refractivity contribution in [1.82, 2.24) is 9.97 Å². The molecule has 9 heteroatoms. The van der Waals surface area contributed by atoms with E-state index in [0.29, 0.717) is 48.1 Å². The normalized spacial score (nSPS) is 12.4. The number of rotatable bonds is 4. The quantitative estimate of drug-likeness (QED) is 0.695. The van der Waals surface area contributed by atoms with Crippen LogP contribution in [0.5, 0.6) is 11.5 Å². The summed E-state index contributed by atoms with van der Waals surface area (Å²) in [6.07, 6.45) is 0. The zero-order valence-electron chi connectivity index (χ0n) is 15.3. The van der Waals surface area contributed by atoms with Gasteiger partial charge in [-0.2, -0.15) is 0 Å². The highest BCUT2D eigenvalue weighted by Crippen LogP contribution is 2.33. The van der Waals surface area contributed by atoms with E-state index in [1.807, 2.05) is 0 Å². The Morgan fingerprint density at radius 3 is 2.59 bits per heavy atom. The molecule has 0 unspecified atom stereocenters. The molecule has 2 aromatic carbocycles. The Kier molecular flexibility index (Phi) is 4.94. The van der Waals surface area contributed by atoms with Crippen LogP contribution in [0, 0.1) is 18.6 Å². The van der Waals surface area contributed by atoms with Gasteiger partial charge in [-0.3, -0.25) is 4.79 Å². The predicted molar refractivity (Wildman–Crippen MR) is 102 cm³/mol. The summed E-state index contributed by atoms with van der Waals surface area (Å²) in [5.41, 5.74) is 0.568. The second kappa shape index (κ2) is 7.70. The number of aryl methyl sites for hydroxylation is 1. The number of carbonyl (C=O) groups is 1. The number of amides is 1. The number of anilines is 3. The minimum atomic E-state index is -0.876. The second-order valence-electron chi connectivity index (χ2n) is 6.25. The molecule has 0 saturated carbocycles. The molecule has 29 heavy (non-hydrogen) atoms. The van der Waals surface area contributed by atoms with Crippen LogP contribution >= 0.6 is 0 Å². The van der Waals surface area contributed by atoms with Gasteiger partial charge >= 0.3 is 0 Å². The summed E-state index contributed by atoms with van der Waals surface area (Å²) in [6.45, 7) is 2.59. The van der Waals surface area contributed by atoms with Crippen LogP contribution in [0.25, 0.3) is 0 Å². The molecule has 0 saturated heterocycles. The van der Waals surface area contributed by atoms with Crippen molar-refractivity contribution < 1.29 is 23.0 Å². The number of halogens is 2. The highest BCUT2D eigenvalue weighted by atomic mass is 19.1. The Morgan fingerprint density at radius 1 is 1.00 bits per heavy atom. The minimum absolute atomic E-state index is 0.0290. The molecule has 0 aliphatic carbocycles. The molecule has 1 amide bonds. The number of hydrogen-bond acceptors (Lipinski definition) is 6. The van der Waals surface area contributed by atoms with Crippen LogP contribution in [0.2, 0.25) is 0 Å². The summed E-state index contributed by atoms with van der Waals surface area (Å²) in [5.74, 6) is -0.274. The molecule has 0 spiro atoms. The molecule has 1 aliphatic rings. The molecule has 7 nitrogen and oxygen atoms in total. The Labute approximate surface area is 164 Å². The lowest BCUT2D eigenvalue weighted by molar-refractivity contribution is 0.102. The van der Waals surface area contributed by atoms with E-state index in [9.17, 15) is 13.6 Å². The van der Waals surface area contributed by atoms with Gasteiger partial charge in [0.2, 0.25) is 0 Å². The van der Waals surface area contributed by atoms with Crippen LogP contribution in [0.1, 0.15) is 16.3 Å². The molecule has 2 heterocycles. The number of ether oxygens (including phenoxy) is 2. The lowest BCUT2D eigenvalue weighted by atomic mass is 10.2. The SMILES string of the molecule is Cc1nc(Nc2ccc3c(c2)OCCO3)cc(C(=O)Nc2ccc(F)cc2F)n1. The van der Waals surface area contributed by atoms with Gasteiger partial charge in [0.05, 0.1) is 5.69 Å². The van der Waals surface area contributed by atoms with Gasteiger partial charge in [-0.15, -0.1) is 0 Å². The van der Waals surface area contributed by atoms with E-state index in [-0.39, 0.29) is 11.4 Å². The third-order valence-electron chi connectivity index (χ3n) is 4.06. The number of carbonyl (C=O) groups excluding carboxylic acids is 1. The van der Waals surface area contributed by atoms with Gasteiger partial charge in [0, 0.05) is 23.9 Å². The molecule has 148 valence electrons. The third kappa shape index (κ3) is 4.23. The average molecular weight is 398 g/mol. The molecular formula is C20H16F2N4O3. The van der Waals surface area contributed by atoms with Crippen LogP contribution < -0.4 is 20.1 Å². The smallest absolute Gasteiger partial charge is 0.274 e. The number of nitrogens with one attached hydrogen (secondary N) is 2. The fraction of sp³-hybridized carbons (Fsp3) is 0.150. The summed E-state index contributed by atoms with van der Waals surface area (Å²) in [5, 5.41) is 5.46. The van der Waals surface area contributed by atoms with Gasteiger partial charge in [0.15, 0.2) is 11.5 Å². The van der Waals surface area contributed by atoms with Crippen LogP contribution in [-0.4, -0.2) is 29.1 Å². The lowest BCUT2D eigenvalue weighted by Crippen LogP contribution is -2.16. The standard InChI is InChI=1S/C20H16F2N4O3/c1-11-23-16(20(27)26-15-4-2-12(21)8-14(15)22)10-19(24-11)25-13-3-5-17-18(9-13)29-7-6-28-17/h2-5,8-10H,6-7H2,1H3,(H,26,27)(H,23,24,25). The van der Waals surface area contributed by atoms with Crippen molar-refractivity contribution in [1.29, 1.82) is 0 Å². The van der Waals surface area contributed by atoms with Crippen molar-refractivity contribution in [3.05, 3.63) is 65.6 Å². The van der Waals surface area contributed by atoms with Crippen LogP contribution in [-0.2, 0) is 0 Å². The summed E-state index contributed by atoms with van der Waals surface area (Å²) < 4.78 is 37.9. The van der Waals surface area contributed by atoms with E-state index < -0.39 is 17.5 Å². The highest BCUT2D eigenvalue weighted by molar-refractivity contribution is 6.03. The van der Waals surface area contributed by atoms with Gasteiger partial charge in [0.1, 0.15) is 42.2 Å². The number of fused-ring (bicyclic) bond motifs is 1. The molecule has 0 atom stereocenters. The molecule has 0 fully saturated rings. The van der Waals surface area contributed by atoms with Gasteiger partial charge < -0.3 is 20.1 Å². The summed E-state index contributed by atoms with van der Waals surface area (Å²) in [4.78, 5) is 20.8. The first-order valence-electron chi connectivity index (χ1n) is 8.77. The lowest BCUT2D eigenvalue weighted by Gasteiger charge is -2.19. The van der Waals surface area contributed by atoms with Crippen molar-refractivity contribution in [2.75, 3.05) is 23.8 Å². The van der Waals surface area contributed by atoms with E-state index in [1.54, 1.807) is 25.1 Å². The monoisotopic (exact) mass is 398 g/mol. The first kappa shape index (κ1) is 18.6. The highest BCUT2D eigenvalue weighted by Gasteiger charge is 2.15. The van der Waals surface area contributed by atoms with Crippen molar-refractivity contribution in [3.8, 4) is 11.5 Å². The number of hydrogen-bond donors (Lipinski definition) is 2. The molecule has 2 N–H and O–H groups in total. The first-order chi connectivity index (χ1) is 14.0. The molecule has 4 rings (SSSR count). The summed E-state index contributed by atoms with van der Waals surface area (Å²) in [6, 6.07) is 9.65. The number of nitrogens with zero attached hydrogens (tertiary/aromatic N) is 2. The molecule has 1 aliphatic heterocycles. The zero-order chi connectivity index (χ0) is 20.4. The second-order valence-corrected chi connectivity index (χ2v) is 6.25. The van der Waals surface area contributed by atoms with Crippen molar-refractivity contribution in [3.63, 3.8) is 0 Å². The Morgan fingerprint density at radius 2 is 1.79 bits per heavy atom. The minimum Gasteiger partial charge on any atom is -0.486 e. The Bertz CT molecular complexity index is 1090. The van der Waals surface area contributed by atoms with E-state index in [1.165, 1.54) is 6.07 Å². The molecular weight excluding hydrogens is 382 g/mol. The van der Waals surface area contributed by atoms with Gasteiger partial charge in [-0.1, -0.05) is 0 Å². The van der Waals surface area contributed by atoms with Crippen molar-refractivity contribution in [2.24, 2.45) is 0 Å². The van der Waals surface area contributed by atoms with Crippen molar-refractivity contribution in [2.45, 2.75) is 6.92 Å². The fourth-order valence-corrected chi connectivity index (χ4v) is 2.79. The van der Waals surface area contributed by atoms with E-state index >= 15 is 0 Å². The van der Waals surface area contributed by atoms with E-state index in [2.05, 4.69) is 20.6 Å². The average Bonchev–Trinajstić information content (AvgIpc) is 2.69. The number of aromatic nitrogens is 2. The Balaban J connectivity index is 1.55. The molecule has 0 radical (unpaired) electrons. The maximum absolute atomic E-state index is 13.8. The first-order valence-corrected chi connectivity index (χ1v) is 8.77. The van der Waals surface area contributed by atoms with E-state index in [4.69, 9.17) is 9.47 Å². The topological polar surface area (TPSA) is 85.4 Å². The van der Waals surface area contributed by atoms with Gasteiger partial charge in [0.25, 0.3) is 5.91 Å². The van der Waals surface area contributed by atoms with Crippen LogP contribution in [0.3, 0.4) is 0 Å². The largest absolute Gasteiger partial charge is 0.486 e. The maximum Gasteiger partial charge on any atom is 0.274 e. The fourth-order valence-electron chi connectivity index (χ4n) is 2.79. The molecule has 1 aromatic heterocycles. The zero-order valence-corrected chi connectivity index (χ0v) is 15.3. The van der Waals surface area contributed by atoms with E-state index in [0.717, 1.165) is 12.1 Å². The summed E-state index contributed by atoms with van der Waals surface area (Å²) in [7, 11) is 0. The number of benzene rings is 2. The van der Waals surface area contributed by atoms with Crippen molar-refractivity contribution >= 4 is 23.1 Å². The van der Waals surface area contributed by atoms with Gasteiger partial charge in [-0.05, 0) is 31.2 Å². The van der Waals surface area contributed by atoms with Crippen LogP contribution in [0.15, 0.2) is 42.5 Å². The predicted octanol–water partition coefficient (Wildman–Crippen LogP) is 3.83. The van der Waals surface area contributed by atoms with Crippen LogP contribution in [0.4, 0.5) is 26.0 Å². The Hall–Kier alpha value is -3.75. The summed E-state index contributed by atoms with van der Waals surface area (Å²) >= 11 is 0. The molecule has 3 aromatic rings.